The number of rotatable bonds is 5. The molecule has 0 bridgehead atoms. The first-order valence-electron chi connectivity index (χ1n) is 5.83. The fraction of sp³-hybridized carbons (Fsp3) is 0.500. The van der Waals surface area contributed by atoms with Crippen LogP contribution in [-0.2, 0) is 6.54 Å². The highest BCUT2D eigenvalue weighted by Gasteiger charge is 2.26. The van der Waals surface area contributed by atoms with E-state index in [1.165, 1.54) is 13.2 Å². The number of nitrogens with one attached hydrogen (secondary N) is 1. The van der Waals surface area contributed by atoms with Gasteiger partial charge in [-0.05, 0) is 24.5 Å². The number of aliphatic hydroxyl groups excluding tert-OH is 1. The maximum absolute atomic E-state index is 10.9. The molecule has 0 spiro atoms. The lowest BCUT2D eigenvalue weighted by Crippen LogP contribution is -2.43. The molecule has 1 aromatic rings. The van der Waals surface area contributed by atoms with Gasteiger partial charge in [0, 0.05) is 18.7 Å². The zero-order valence-electron chi connectivity index (χ0n) is 10.1. The van der Waals surface area contributed by atoms with E-state index in [9.17, 15) is 10.1 Å². The second-order valence-corrected chi connectivity index (χ2v) is 4.47. The van der Waals surface area contributed by atoms with E-state index in [0.29, 0.717) is 12.6 Å². The Morgan fingerprint density at radius 1 is 1.56 bits per heavy atom. The Hall–Kier alpha value is -1.66. The summed E-state index contributed by atoms with van der Waals surface area (Å²) in [7, 11) is 1.41. The predicted octanol–water partition coefficient (Wildman–Crippen LogP) is 1.22. The van der Waals surface area contributed by atoms with E-state index in [2.05, 4.69) is 5.32 Å². The number of hydrogen-bond donors (Lipinski definition) is 2. The van der Waals surface area contributed by atoms with Crippen LogP contribution < -0.4 is 10.1 Å². The van der Waals surface area contributed by atoms with E-state index >= 15 is 0 Å². The highest BCUT2D eigenvalue weighted by Crippen LogP contribution is 2.28. The summed E-state index contributed by atoms with van der Waals surface area (Å²) >= 11 is 0. The fourth-order valence-corrected chi connectivity index (χ4v) is 2.00. The Labute approximate surface area is 105 Å². The zero-order valence-corrected chi connectivity index (χ0v) is 10.1. The smallest absolute Gasteiger partial charge is 0.311 e. The van der Waals surface area contributed by atoms with Gasteiger partial charge in [0.1, 0.15) is 0 Å². The molecule has 0 unspecified atom stereocenters. The summed E-state index contributed by atoms with van der Waals surface area (Å²) in [5.41, 5.74) is 0.814. The van der Waals surface area contributed by atoms with Crippen LogP contribution in [0.4, 0.5) is 5.69 Å². The van der Waals surface area contributed by atoms with Crippen LogP contribution in [0, 0.1) is 10.1 Å². The molecule has 2 N–H and O–H groups in total. The van der Waals surface area contributed by atoms with Gasteiger partial charge in [-0.3, -0.25) is 10.1 Å². The second-order valence-electron chi connectivity index (χ2n) is 4.47. The Kier molecular flexibility index (Phi) is 3.78. The molecule has 18 heavy (non-hydrogen) atoms. The summed E-state index contributed by atoms with van der Waals surface area (Å²) in [6.45, 7) is 0.558. The van der Waals surface area contributed by atoms with Gasteiger partial charge in [0.05, 0.1) is 18.1 Å². The summed E-state index contributed by atoms with van der Waals surface area (Å²) in [5.74, 6) is 0.266. The lowest BCUT2D eigenvalue weighted by Gasteiger charge is -2.32. The number of nitrogens with zero attached hydrogens (tertiary/aromatic N) is 1. The molecular formula is C12H16N2O4. The molecule has 6 nitrogen and oxygen atoms in total. The lowest BCUT2D eigenvalue weighted by atomic mass is 9.89. The first-order valence-corrected chi connectivity index (χ1v) is 5.83. The van der Waals surface area contributed by atoms with Crippen molar-refractivity contribution in [3.8, 4) is 5.75 Å². The van der Waals surface area contributed by atoms with E-state index in [1.807, 2.05) is 0 Å². The molecule has 0 aliphatic heterocycles. The number of hydrogen-bond acceptors (Lipinski definition) is 5. The zero-order chi connectivity index (χ0) is 13.1. The third kappa shape index (κ3) is 2.77. The number of methoxy groups -OCH3 is 1. The number of benzene rings is 1. The average Bonchev–Trinajstić information content (AvgIpc) is 2.32. The van der Waals surface area contributed by atoms with Gasteiger partial charge in [-0.25, -0.2) is 0 Å². The molecule has 1 aliphatic carbocycles. The summed E-state index contributed by atoms with van der Waals surface area (Å²) in [6.07, 6.45) is 1.30. The third-order valence-corrected chi connectivity index (χ3v) is 3.15. The van der Waals surface area contributed by atoms with Crippen molar-refractivity contribution in [2.45, 2.75) is 31.5 Å². The normalized spacial score (nSPS) is 22.3. The molecule has 0 heterocycles. The van der Waals surface area contributed by atoms with Crippen molar-refractivity contribution >= 4 is 5.69 Å². The van der Waals surface area contributed by atoms with Crippen molar-refractivity contribution in [3.05, 3.63) is 33.9 Å². The van der Waals surface area contributed by atoms with Gasteiger partial charge in [-0.2, -0.15) is 0 Å². The van der Waals surface area contributed by atoms with Crippen molar-refractivity contribution in [1.29, 1.82) is 0 Å². The van der Waals surface area contributed by atoms with Gasteiger partial charge >= 0.3 is 5.69 Å². The first kappa shape index (κ1) is 12.8. The molecule has 2 rings (SSSR count). The summed E-state index contributed by atoms with van der Waals surface area (Å²) in [4.78, 5) is 10.4. The van der Waals surface area contributed by atoms with Gasteiger partial charge in [0.2, 0.25) is 0 Å². The van der Waals surface area contributed by atoms with Gasteiger partial charge in [0.15, 0.2) is 5.75 Å². The largest absolute Gasteiger partial charge is 0.490 e. The molecule has 0 saturated heterocycles. The molecule has 0 amide bonds. The van der Waals surface area contributed by atoms with E-state index in [0.717, 1.165) is 18.4 Å². The molecule has 0 radical (unpaired) electrons. The number of ether oxygens (including phenoxy) is 1. The summed E-state index contributed by atoms with van der Waals surface area (Å²) < 4.78 is 4.94. The number of nitro benzene ring substituents is 1. The maximum Gasteiger partial charge on any atom is 0.311 e. The lowest BCUT2D eigenvalue weighted by molar-refractivity contribution is -0.385. The van der Waals surface area contributed by atoms with Crippen LogP contribution in [0.25, 0.3) is 0 Å². The summed E-state index contributed by atoms with van der Waals surface area (Å²) in [5, 5.41) is 23.3. The highest BCUT2D eigenvalue weighted by molar-refractivity contribution is 5.48. The minimum atomic E-state index is -0.449. The van der Waals surface area contributed by atoms with Crippen LogP contribution >= 0.6 is 0 Å². The predicted molar refractivity (Wildman–Crippen MR) is 65.5 cm³/mol. The second kappa shape index (κ2) is 5.32. The van der Waals surface area contributed by atoms with Gasteiger partial charge in [0.25, 0.3) is 0 Å². The Bertz CT molecular complexity index is 444. The Balaban J connectivity index is 2.00. The molecule has 0 atom stereocenters. The molecule has 1 aromatic carbocycles. The van der Waals surface area contributed by atoms with Crippen LogP contribution in [0.1, 0.15) is 18.4 Å². The fourth-order valence-electron chi connectivity index (χ4n) is 2.00. The van der Waals surface area contributed by atoms with E-state index in [4.69, 9.17) is 9.84 Å². The Morgan fingerprint density at radius 2 is 2.28 bits per heavy atom. The molecule has 6 heteroatoms. The van der Waals surface area contributed by atoms with Crippen LogP contribution in [0.2, 0.25) is 0 Å². The molecule has 1 saturated carbocycles. The van der Waals surface area contributed by atoms with Gasteiger partial charge in [-0.1, -0.05) is 6.07 Å². The van der Waals surface area contributed by atoms with Crippen molar-refractivity contribution in [3.63, 3.8) is 0 Å². The third-order valence-electron chi connectivity index (χ3n) is 3.15. The molecule has 0 aromatic heterocycles. The minimum Gasteiger partial charge on any atom is -0.490 e. The van der Waals surface area contributed by atoms with Gasteiger partial charge in [-0.15, -0.1) is 0 Å². The van der Waals surface area contributed by atoms with E-state index in [1.54, 1.807) is 12.1 Å². The van der Waals surface area contributed by atoms with Crippen LogP contribution in [-0.4, -0.2) is 29.3 Å². The van der Waals surface area contributed by atoms with E-state index in [-0.39, 0.29) is 17.5 Å². The monoisotopic (exact) mass is 252 g/mol. The number of aliphatic hydroxyl groups is 1. The quantitative estimate of drug-likeness (QED) is 0.608. The van der Waals surface area contributed by atoms with Crippen molar-refractivity contribution < 1.29 is 14.8 Å². The van der Waals surface area contributed by atoms with Crippen LogP contribution in [0.5, 0.6) is 5.75 Å². The van der Waals surface area contributed by atoms with Crippen LogP contribution in [0.3, 0.4) is 0 Å². The van der Waals surface area contributed by atoms with Gasteiger partial charge < -0.3 is 15.2 Å². The molecule has 98 valence electrons. The van der Waals surface area contributed by atoms with Crippen molar-refractivity contribution in [1.82, 2.24) is 5.32 Å². The molecule has 1 fully saturated rings. The average molecular weight is 252 g/mol. The minimum absolute atomic E-state index is 0.0227. The highest BCUT2D eigenvalue weighted by atomic mass is 16.6. The van der Waals surface area contributed by atoms with Crippen LogP contribution in [0.15, 0.2) is 18.2 Å². The summed E-state index contributed by atoms with van der Waals surface area (Å²) in [6, 6.07) is 5.22. The molecule has 1 aliphatic rings. The standard InChI is InChI=1S/C12H16N2O4/c1-18-12-3-2-8(4-11(12)14(16)17)7-13-9-5-10(15)6-9/h2-4,9-10,13,15H,5-7H2,1H3. The van der Waals surface area contributed by atoms with Crippen molar-refractivity contribution in [2.75, 3.05) is 7.11 Å². The number of nitro groups is 1. The first-order chi connectivity index (χ1) is 8.60. The van der Waals surface area contributed by atoms with E-state index < -0.39 is 4.92 Å². The maximum atomic E-state index is 10.9. The Morgan fingerprint density at radius 3 is 2.83 bits per heavy atom. The SMILES string of the molecule is COc1ccc(CNC2CC(O)C2)cc1[N+](=O)[O-]. The molecular weight excluding hydrogens is 236 g/mol. The van der Waals surface area contributed by atoms with Crippen molar-refractivity contribution in [2.24, 2.45) is 0 Å². The topological polar surface area (TPSA) is 84.6 Å².